The summed E-state index contributed by atoms with van der Waals surface area (Å²) >= 11 is 0. The molecule has 0 saturated heterocycles. The number of aliphatic hydroxyl groups is 1. The molecule has 0 aliphatic carbocycles. The largest absolute Gasteiger partial charge is 0.467 e. The van der Waals surface area contributed by atoms with Gasteiger partial charge in [0.25, 0.3) is 14.2 Å². The first-order chi connectivity index (χ1) is 14.7. The molecule has 31 heavy (non-hydrogen) atoms. The molecule has 1 unspecified atom stereocenters. The Labute approximate surface area is 185 Å². The van der Waals surface area contributed by atoms with E-state index < -0.39 is 32.3 Å². The van der Waals surface area contributed by atoms with Gasteiger partial charge in [-0.15, -0.1) is 0 Å². The Bertz CT molecular complexity index is 840. The fourth-order valence-corrected chi connectivity index (χ4v) is 8.22. The summed E-state index contributed by atoms with van der Waals surface area (Å²) in [5.74, 6) is -1.39. The van der Waals surface area contributed by atoms with Crippen LogP contribution in [0, 0.1) is 0 Å². The lowest BCUT2D eigenvalue weighted by molar-refractivity contribution is -0.146. The number of rotatable bonds is 9. The number of hydrogen-bond donors (Lipinski definition) is 2. The summed E-state index contributed by atoms with van der Waals surface area (Å²) in [6.45, 7) is 9.65. The molecule has 2 atom stereocenters. The SMILES string of the molecule is C=CC(O)C(=O)N[C@@H](CO[Si](c1ccccc1)(c1ccccc1)C(C)(C)C)C(=O)OC. The molecular formula is C24H31NO5Si. The van der Waals surface area contributed by atoms with Crippen LogP contribution < -0.4 is 15.7 Å². The molecule has 2 N–H and O–H groups in total. The highest BCUT2D eigenvalue weighted by Gasteiger charge is 2.50. The molecule has 0 saturated carbocycles. The van der Waals surface area contributed by atoms with E-state index in [1.165, 1.54) is 7.11 Å². The highest BCUT2D eigenvalue weighted by atomic mass is 28.4. The maximum atomic E-state index is 12.4. The lowest BCUT2D eigenvalue weighted by atomic mass is 10.2. The van der Waals surface area contributed by atoms with Gasteiger partial charge >= 0.3 is 5.97 Å². The van der Waals surface area contributed by atoms with E-state index in [-0.39, 0.29) is 11.6 Å². The lowest BCUT2D eigenvalue weighted by Gasteiger charge is -2.43. The molecule has 2 rings (SSSR count). The van der Waals surface area contributed by atoms with Gasteiger partial charge in [-0.25, -0.2) is 4.79 Å². The first-order valence-electron chi connectivity index (χ1n) is 10.1. The third kappa shape index (κ3) is 5.49. The van der Waals surface area contributed by atoms with Gasteiger partial charge in [-0.1, -0.05) is 94.1 Å². The van der Waals surface area contributed by atoms with E-state index in [1.807, 2.05) is 60.7 Å². The number of esters is 1. The molecule has 0 fully saturated rings. The molecule has 0 aliphatic heterocycles. The first-order valence-corrected chi connectivity index (χ1v) is 12.0. The summed E-state index contributed by atoms with van der Waals surface area (Å²) in [6.07, 6.45) is -0.341. The summed E-state index contributed by atoms with van der Waals surface area (Å²) in [5.41, 5.74) is 0. The second kappa shape index (κ2) is 10.5. The van der Waals surface area contributed by atoms with Crippen LogP contribution in [0.3, 0.4) is 0 Å². The average Bonchev–Trinajstić information content (AvgIpc) is 2.77. The minimum atomic E-state index is -2.90. The Balaban J connectivity index is 2.50. The molecule has 0 aromatic heterocycles. The quantitative estimate of drug-likeness (QED) is 0.352. The van der Waals surface area contributed by atoms with E-state index in [0.29, 0.717) is 0 Å². The fraction of sp³-hybridized carbons (Fsp3) is 0.333. The molecule has 0 spiro atoms. The topological polar surface area (TPSA) is 84.9 Å². The lowest BCUT2D eigenvalue weighted by Crippen LogP contribution is -2.67. The van der Waals surface area contributed by atoms with Crippen molar-refractivity contribution in [3.05, 3.63) is 73.3 Å². The van der Waals surface area contributed by atoms with Gasteiger partial charge in [-0.05, 0) is 15.4 Å². The number of carbonyl (C=O) groups is 2. The van der Waals surface area contributed by atoms with Gasteiger partial charge in [-0.2, -0.15) is 0 Å². The second-order valence-electron chi connectivity index (χ2n) is 8.24. The monoisotopic (exact) mass is 441 g/mol. The Morgan fingerprint density at radius 2 is 1.55 bits per heavy atom. The van der Waals surface area contributed by atoms with Crippen LogP contribution in [0.15, 0.2) is 73.3 Å². The normalized spacial score (nSPS) is 13.7. The van der Waals surface area contributed by atoms with E-state index in [9.17, 15) is 14.7 Å². The van der Waals surface area contributed by atoms with E-state index in [1.54, 1.807) is 0 Å². The van der Waals surface area contributed by atoms with Crippen molar-refractivity contribution in [2.75, 3.05) is 13.7 Å². The van der Waals surface area contributed by atoms with E-state index in [0.717, 1.165) is 16.4 Å². The molecule has 2 aromatic carbocycles. The van der Waals surface area contributed by atoms with Crippen LogP contribution >= 0.6 is 0 Å². The van der Waals surface area contributed by atoms with Gasteiger partial charge in [-0.3, -0.25) is 4.79 Å². The van der Waals surface area contributed by atoms with Crippen LogP contribution in [0.25, 0.3) is 0 Å². The van der Waals surface area contributed by atoms with Crippen molar-refractivity contribution in [1.29, 1.82) is 0 Å². The van der Waals surface area contributed by atoms with E-state index in [4.69, 9.17) is 9.16 Å². The Morgan fingerprint density at radius 1 is 1.06 bits per heavy atom. The Hall–Kier alpha value is -2.74. The van der Waals surface area contributed by atoms with Gasteiger partial charge in [0.2, 0.25) is 0 Å². The van der Waals surface area contributed by atoms with Gasteiger partial charge < -0.3 is 19.6 Å². The summed E-state index contributed by atoms with van der Waals surface area (Å²) in [4.78, 5) is 24.6. The van der Waals surface area contributed by atoms with Crippen molar-refractivity contribution in [2.45, 2.75) is 38.0 Å². The van der Waals surface area contributed by atoms with Crippen LogP contribution in [0.4, 0.5) is 0 Å². The zero-order chi connectivity index (χ0) is 23.1. The third-order valence-electron chi connectivity index (χ3n) is 5.18. The molecule has 7 heteroatoms. The Morgan fingerprint density at radius 3 is 1.94 bits per heavy atom. The highest BCUT2D eigenvalue weighted by molar-refractivity contribution is 6.99. The van der Waals surface area contributed by atoms with Crippen LogP contribution in [-0.4, -0.2) is 51.2 Å². The fourth-order valence-electron chi connectivity index (χ4n) is 3.64. The minimum absolute atomic E-state index is 0.102. The van der Waals surface area contributed by atoms with Gasteiger partial charge in [0.1, 0.15) is 6.04 Å². The molecule has 6 nitrogen and oxygen atoms in total. The van der Waals surface area contributed by atoms with Crippen LogP contribution in [0.1, 0.15) is 20.8 Å². The minimum Gasteiger partial charge on any atom is -0.467 e. The maximum absolute atomic E-state index is 12.4. The van der Waals surface area contributed by atoms with Crippen molar-refractivity contribution < 1.29 is 23.9 Å². The van der Waals surface area contributed by atoms with Crippen LogP contribution in [0.5, 0.6) is 0 Å². The molecule has 166 valence electrons. The highest BCUT2D eigenvalue weighted by Crippen LogP contribution is 2.36. The van der Waals surface area contributed by atoms with Gasteiger partial charge in [0.15, 0.2) is 6.10 Å². The molecule has 0 bridgehead atoms. The number of carbonyl (C=O) groups excluding carboxylic acids is 2. The van der Waals surface area contributed by atoms with Gasteiger partial charge in [0.05, 0.1) is 13.7 Å². The van der Waals surface area contributed by atoms with E-state index >= 15 is 0 Å². The zero-order valence-corrected chi connectivity index (χ0v) is 19.5. The predicted molar refractivity (Wildman–Crippen MR) is 124 cm³/mol. The number of benzene rings is 2. The number of aliphatic hydroxyl groups excluding tert-OH is 1. The Kier molecular flexibility index (Phi) is 8.33. The second-order valence-corrected chi connectivity index (χ2v) is 12.5. The molecule has 2 aromatic rings. The summed E-state index contributed by atoms with van der Waals surface area (Å²) in [6, 6.07) is 18.8. The first kappa shape index (κ1) is 24.5. The van der Waals surface area contributed by atoms with Crippen molar-refractivity contribution in [1.82, 2.24) is 5.32 Å². The molecule has 0 radical (unpaired) electrons. The molecule has 0 aliphatic rings. The van der Waals surface area contributed by atoms with Crippen LogP contribution in [0.2, 0.25) is 5.04 Å². The average molecular weight is 442 g/mol. The maximum Gasteiger partial charge on any atom is 0.330 e. The third-order valence-corrected chi connectivity index (χ3v) is 10.2. The molecule has 0 heterocycles. The summed E-state index contributed by atoms with van der Waals surface area (Å²) < 4.78 is 11.5. The number of hydrogen-bond acceptors (Lipinski definition) is 5. The predicted octanol–water partition coefficient (Wildman–Crippen LogP) is 1.77. The molecular weight excluding hydrogens is 410 g/mol. The van der Waals surface area contributed by atoms with E-state index in [2.05, 4.69) is 32.7 Å². The van der Waals surface area contributed by atoms with Crippen molar-refractivity contribution in [2.24, 2.45) is 0 Å². The summed E-state index contributed by atoms with van der Waals surface area (Å²) in [7, 11) is -1.65. The van der Waals surface area contributed by atoms with Crippen molar-refractivity contribution in [3.63, 3.8) is 0 Å². The molecule has 1 amide bonds. The number of nitrogens with one attached hydrogen (secondary N) is 1. The van der Waals surface area contributed by atoms with Crippen molar-refractivity contribution in [3.8, 4) is 0 Å². The van der Waals surface area contributed by atoms with Crippen LogP contribution in [-0.2, 0) is 18.8 Å². The number of methoxy groups -OCH3 is 1. The number of ether oxygens (including phenoxy) is 1. The number of amides is 1. The van der Waals surface area contributed by atoms with Crippen molar-refractivity contribution >= 4 is 30.6 Å². The zero-order valence-electron chi connectivity index (χ0n) is 18.5. The standard InChI is InChI=1S/C24H31NO5Si/c1-6-21(26)22(27)25-20(23(28)29-5)17-30-31(24(2,3)4,18-13-9-7-10-14-18)19-15-11-8-12-16-19/h6-16,20-21,26H,1,17H2,2-5H3,(H,25,27)/t20-,21?/m0/s1. The van der Waals surface area contributed by atoms with Gasteiger partial charge in [0, 0.05) is 0 Å². The smallest absolute Gasteiger partial charge is 0.330 e. The summed E-state index contributed by atoms with van der Waals surface area (Å²) in [5, 5.41) is 14.0.